The van der Waals surface area contributed by atoms with E-state index < -0.39 is 30.4 Å². The van der Waals surface area contributed by atoms with Crippen LogP contribution in [0.15, 0.2) is 126 Å². The molecule has 0 radical (unpaired) electrons. The first kappa shape index (κ1) is 36.8. The molecule has 0 spiro atoms. The van der Waals surface area contributed by atoms with Crippen molar-refractivity contribution in [1.29, 1.82) is 0 Å². The molecular formula is C44H46N2O5SSi. The third-order valence-electron chi connectivity index (χ3n) is 10.1. The summed E-state index contributed by atoms with van der Waals surface area (Å²) in [7, 11) is -2.86. The van der Waals surface area contributed by atoms with Crippen molar-refractivity contribution in [3.63, 3.8) is 0 Å². The molecule has 0 saturated heterocycles. The zero-order chi connectivity index (χ0) is 37.5. The van der Waals surface area contributed by atoms with Crippen molar-refractivity contribution < 1.29 is 23.3 Å². The average molecular weight is 743 g/mol. The number of pyridine rings is 1. The number of carboxylic acids is 1. The van der Waals surface area contributed by atoms with Crippen LogP contribution in [0.4, 0.5) is 0 Å². The van der Waals surface area contributed by atoms with Crippen LogP contribution < -0.4 is 10.4 Å². The van der Waals surface area contributed by atoms with Crippen LogP contribution in [0.25, 0.3) is 33.6 Å². The molecule has 0 fully saturated rings. The molecule has 0 bridgehead atoms. The molecule has 7 rings (SSSR count). The van der Waals surface area contributed by atoms with Gasteiger partial charge in [-0.15, -0.1) is 4.31 Å². The summed E-state index contributed by atoms with van der Waals surface area (Å²) in [6.07, 6.45) is 0.531. The van der Waals surface area contributed by atoms with Crippen LogP contribution in [0.3, 0.4) is 0 Å². The number of furan rings is 1. The predicted octanol–water partition coefficient (Wildman–Crippen LogP) is 9.15. The van der Waals surface area contributed by atoms with Crippen LogP contribution in [0.2, 0.25) is 5.04 Å². The van der Waals surface area contributed by atoms with E-state index in [1.54, 1.807) is 6.07 Å². The Balaban J connectivity index is 1.33. The van der Waals surface area contributed by atoms with Gasteiger partial charge in [0.05, 0.1) is 18.3 Å². The Morgan fingerprint density at radius 1 is 0.868 bits per heavy atom. The Kier molecular flexibility index (Phi) is 9.99. The first-order chi connectivity index (χ1) is 25.3. The molecule has 1 aliphatic rings. The Hall–Kier alpha value is -4.51. The highest BCUT2D eigenvalue weighted by Gasteiger charge is 2.51. The van der Waals surface area contributed by atoms with Gasteiger partial charge in [-0.25, -0.2) is 9.78 Å². The number of carboxylic acid groups (broad SMARTS) is 1. The third kappa shape index (κ3) is 7.00. The normalized spacial score (nSPS) is 15.8. The summed E-state index contributed by atoms with van der Waals surface area (Å²) in [5.74, 6) is -0.394. The summed E-state index contributed by atoms with van der Waals surface area (Å²) in [6, 6.07) is 40.2. The molecule has 4 aromatic carbocycles. The fraction of sp³-hybridized carbons (Fsp3) is 0.273. The molecule has 0 aliphatic carbocycles. The van der Waals surface area contributed by atoms with E-state index in [0.29, 0.717) is 31.0 Å². The Labute approximate surface area is 316 Å². The number of rotatable bonds is 10. The van der Waals surface area contributed by atoms with Gasteiger partial charge in [0.1, 0.15) is 21.8 Å². The lowest BCUT2D eigenvalue weighted by atomic mass is 9.95. The highest BCUT2D eigenvalue weighted by Crippen LogP contribution is 2.46. The topological polar surface area (TPSA) is 98.9 Å². The molecular weight excluding hydrogens is 697 g/mol. The molecule has 7 nitrogen and oxygen atoms in total. The zero-order valence-corrected chi connectivity index (χ0v) is 32.9. The van der Waals surface area contributed by atoms with E-state index in [-0.39, 0.29) is 16.8 Å². The van der Waals surface area contributed by atoms with E-state index in [1.807, 2.05) is 91.8 Å². The van der Waals surface area contributed by atoms with Crippen LogP contribution in [-0.4, -0.2) is 44.6 Å². The highest BCUT2D eigenvalue weighted by molar-refractivity contribution is 7.90. The minimum atomic E-state index is -2.86. The third-order valence-corrected chi connectivity index (χ3v) is 17.0. The molecule has 2 atom stereocenters. The Morgan fingerprint density at radius 2 is 1.49 bits per heavy atom. The van der Waals surface area contributed by atoms with Gasteiger partial charge in [0, 0.05) is 40.0 Å². The van der Waals surface area contributed by atoms with Crippen molar-refractivity contribution in [2.45, 2.75) is 70.3 Å². The molecule has 0 unspecified atom stereocenters. The second-order valence-electron chi connectivity index (χ2n) is 15.7. The van der Waals surface area contributed by atoms with Crippen LogP contribution in [0.1, 0.15) is 75.6 Å². The maximum absolute atomic E-state index is 14.4. The molecule has 6 aromatic rings. The molecule has 1 aliphatic heterocycles. The van der Waals surface area contributed by atoms with E-state index in [4.69, 9.17) is 13.8 Å². The monoisotopic (exact) mass is 742 g/mol. The second kappa shape index (κ2) is 14.4. The van der Waals surface area contributed by atoms with Gasteiger partial charge in [0.25, 0.3) is 8.32 Å². The molecule has 3 heterocycles. The van der Waals surface area contributed by atoms with Crippen molar-refractivity contribution in [1.82, 2.24) is 9.29 Å². The number of aromatic carboxylic acids is 1. The number of para-hydroxylation sites is 1. The number of aromatic nitrogens is 1. The quantitative estimate of drug-likeness (QED) is 0.110. The van der Waals surface area contributed by atoms with Crippen molar-refractivity contribution in [3.05, 3.63) is 138 Å². The number of carbonyl (C=O) groups is 1. The molecule has 0 saturated carbocycles. The number of benzene rings is 4. The largest absolute Gasteiger partial charge is 0.597 e. The summed E-state index contributed by atoms with van der Waals surface area (Å²) in [4.78, 5) is 17.3. The first-order valence-corrected chi connectivity index (χ1v) is 21.1. The smallest absolute Gasteiger partial charge is 0.354 e. The summed E-state index contributed by atoms with van der Waals surface area (Å²) >= 11 is -1.41. The van der Waals surface area contributed by atoms with Crippen LogP contribution in [0, 0.1) is 0 Å². The summed E-state index contributed by atoms with van der Waals surface area (Å²) < 4.78 is 29.4. The molecule has 2 aromatic heterocycles. The minimum absolute atomic E-state index is 0.0430. The highest BCUT2D eigenvalue weighted by atomic mass is 32.2. The number of nitrogens with zero attached hydrogens (tertiary/aromatic N) is 2. The lowest BCUT2D eigenvalue weighted by Crippen LogP contribution is -2.66. The van der Waals surface area contributed by atoms with Crippen molar-refractivity contribution >= 4 is 47.0 Å². The van der Waals surface area contributed by atoms with Gasteiger partial charge < -0.3 is 18.5 Å². The van der Waals surface area contributed by atoms with E-state index in [2.05, 4.69) is 69.3 Å². The first-order valence-electron chi connectivity index (χ1n) is 18.1. The summed E-state index contributed by atoms with van der Waals surface area (Å²) in [5.41, 5.74) is 4.65. The zero-order valence-electron chi connectivity index (χ0n) is 31.1. The molecule has 9 heteroatoms. The van der Waals surface area contributed by atoms with E-state index in [9.17, 15) is 14.5 Å². The standard InChI is InChI=1S/C44H46N2O5SSi/c1-43(2,3)52(49)46-29-33-27-36(42(47)48)45-41(32-18-15-17-30(26-32)39-28-31-16-13-14-23-38(31)51-39)40(33)37(46)24-25-50-53(44(4,5)6,34-19-9-7-10-20-34)35-21-11-8-12-22-35/h7-23,26-28,37H,24-25,29H2,1-6H3,(H,47,48)/t37-,52-/m1/s1. The Morgan fingerprint density at radius 3 is 2.09 bits per heavy atom. The van der Waals surface area contributed by atoms with Gasteiger partial charge in [-0.05, 0) is 72.4 Å². The van der Waals surface area contributed by atoms with Crippen LogP contribution >= 0.6 is 0 Å². The van der Waals surface area contributed by atoms with E-state index in [0.717, 1.165) is 33.2 Å². The fourth-order valence-corrected chi connectivity index (χ4v) is 13.7. The van der Waals surface area contributed by atoms with Gasteiger partial charge in [-0.2, -0.15) is 0 Å². The fourth-order valence-electron chi connectivity index (χ4n) is 7.71. The number of fused-ring (bicyclic) bond motifs is 2. The lowest BCUT2D eigenvalue weighted by molar-refractivity contribution is 0.0690. The second-order valence-corrected chi connectivity index (χ2v) is 22.2. The Bertz CT molecular complexity index is 2170. The molecule has 272 valence electrons. The van der Waals surface area contributed by atoms with Gasteiger partial charge >= 0.3 is 5.97 Å². The van der Waals surface area contributed by atoms with Gasteiger partial charge in [0.2, 0.25) is 0 Å². The molecule has 1 N–H and O–H groups in total. The van der Waals surface area contributed by atoms with Crippen molar-refractivity contribution in [2.75, 3.05) is 6.61 Å². The van der Waals surface area contributed by atoms with E-state index >= 15 is 0 Å². The lowest BCUT2D eigenvalue weighted by Gasteiger charge is -2.43. The summed E-state index contributed by atoms with van der Waals surface area (Å²) in [6.45, 7) is 13.4. The van der Waals surface area contributed by atoms with Crippen molar-refractivity contribution in [3.8, 4) is 22.6 Å². The maximum Gasteiger partial charge on any atom is 0.354 e. The molecule has 53 heavy (non-hydrogen) atoms. The summed E-state index contributed by atoms with van der Waals surface area (Å²) in [5, 5.41) is 13.4. The van der Waals surface area contributed by atoms with Crippen molar-refractivity contribution in [2.24, 2.45) is 0 Å². The van der Waals surface area contributed by atoms with Crippen LogP contribution in [0.5, 0.6) is 0 Å². The van der Waals surface area contributed by atoms with Gasteiger partial charge in [-0.3, -0.25) is 0 Å². The van der Waals surface area contributed by atoms with Gasteiger partial charge in [0.15, 0.2) is 0 Å². The SMILES string of the molecule is CC(C)(C)[S@@+]([O-])N1Cc2cc(C(=O)O)nc(-c3cccc(-c4cc5ccccc5o4)c3)c2[C@H]1CCO[Si](c1ccccc1)(c1ccccc1)C(C)(C)C. The maximum atomic E-state index is 14.4. The number of hydrogen-bond acceptors (Lipinski definition) is 6. The van der Waals surface area contributed by atoms with Crippen LogP contribution in [-0.2, 0) is 22.3 Å². The number of hydrogen-bond donors (Lipinski definition) is 1. The van der Waals surface area contributed by atoms with Gasteiger partial charge in [-0.1, -0.05) is 118 Å². The molecule has 0 amide bonds. The average Bonchev–Trinajstić information content (AvgIpc) is 3.74. The predicted molar refractivity (Wildman–Crippen MR) is 216 cm³/mol. The van der Waals surface area contributed by atoms with E-state index in [1.165, 1.54) is 10.4 Å². The minimum Gasteiger partial charge on any atom is -0.597 e.